The van der Waals surface area contributed by atoms with E-state index in [1.807, 2.05) is 0 Å². The Morgan fingerprint density at radius 3 is 2.08 bits per heavy atom. The van der Waals surface area contributed by atoms with Crippen LogP contribution in [0.2, 0.25) is 0 Å². The first kappa shape index (κ1) is 20.5. The lowest BCUT2D eigenvalue weighted by molar-refractivity contribution is 0.632. The summed E-state index contributed by atoms with van der Waals surface area (Å²) >= 11 is 0. The van der Waals surface area contributed by atoms with Gasteiger partial charge in [-0.15, -0.1) is 0 Å². The summed E-state index contributed by atoms with van der Waals surface area (Å²) in [6.45, 7) is 4.50. The number of unbranched alkanes of at least 4 members (excludes halogenated alkanes) is 5. The second kappa shape index (κ2) is 12.5. The van der Waals surface area contributed by atoms with Crippen LogP contribution in [-0.4, -0.2) is 0 Å². The zero-order chi connectivity index (χ0) is 18.5. The molecule has 0 saturated heterocycles. The van der Waals surface area contributed by atoms with Crippen molar-refractivity contribution in [2.45, 2.75) is 78.1 Å². The molecule has 0 aliphatic heterocycles. The van der Waals surface area contributed by atoms with E-state index < -0.39 is 0 Å². The van der Waals surface area contributed by atoms with Crippen molar-refractivity contribution >= 4 is 6.08 Å². The van der Waals surface area contributed by atoms with E-state index in [0.717, 1.165) is 19.3 Å². The number of rotatable bonds is 12. The summed E-state index contributed by atoms with van der Waals surface area (Å²) in [7, 11) is 0. The van der Waals surface area contributed by atoms with E-state index in [2.05, 4.69) is 74.5 Å². The molecule has 0 N–H and O–H groups in total. The predicted octanol–water partition coefficient (Wildman–Crippen LogP) is 7.80. The molecule has 0 aromatic heterocycles. The number of aryl methyl sites for hydroxylation is 3. The fraction of sp³-hybridized carbons (Fsp3) is 0.462. The summed E-state index contributed by atoms with van der Waals surface area (Å²) in [6, 6.07) is 18.3. The van der Waals surface area contributed by atoms with Gasteiger partial charge in [0.05, 0.1) is 0 Å². The Balaban J connectivity index is 1.78. The molecule has 2 aromatic carbocycles. The van der Waals surface area contributed by atoms with Crippen LogP contribution in [-0.2, 0) is 19.3 Å². The quantitative estimate of drug-likeness (QED) is 0.343. The highest BCUT2D eigenvalue weighted by molar-refractivity contribution is 5.50. The fourth-order valence-electron chi connectivity index (χ4n) is 3.33. The van der Waals surface area contributed by atoms with Gasteiger partial charge in [0, 0.05) is 0 Å². The van der Waals surface area contributed by atoms with Gasteiger partial charge in [-0.3, -0.25) is 0 Å². The molecule has 0 nitrogen and oxygen atoms in total. The van der Waals surface area contributed by atoms with Crippen LogP contribution in [0.5, 0.6) is 0 Å². The zero-order valence-corrected chi connectivity index (χ0v) is 16.8. The summed E-state index contributed by atoms with van der Waals surface area (Å²) in [5, 5.41) is 0. The van der Waals surface area contributed by atoms with Crippen LogP contribution in [0.4, 0.5) is 0 Å². The van der Waals surface area contributed by atoms with Gasteiger partial charge in [0.2, 0.25) is 0 Å². The maximum atomic E-state index is 2.33. The molecule has 0 saturated carbocycles. The Hall–Kier alpha value is -1.82. The molecule has 0 bridgehead atoms. The molecule has 0 amide bonds. The molecular weight excluding hydrogens is 312 g/mol. The summed E-state index contributed by atoms with van der Waals surface area (Å²) < 4.78 is 0. The van der Waals surface area contributed by atoms with Crippen molar-refractivity contribution in [3.05, 3.63) is 76.9 Å². The summed E-state index contributed by atoms with van der Waals surface area (Å²) in [5.74, 6) is 0. The largest absolute Gasteiger partial charge is 0.0840 e. The molecule has 0 aliphatic carbocycles. The first-order valence-corrected chi connectivity index (χ1v) is 10.6. The van der Waals surface area contributed by atoms with E-state index in [9.17, 15) is 0 Å². The molecule has 140 valence electrons. The van der Waals surface area contributed by atoms with Gasteiger partial charge in [-0.2, -0.15) is 0 Å². The first-order chi connectivity index (χ1) is 12.8. The van der Waals surface area contributed by atoms with Crippen LogP contribution in [0.15, 0.2) is 54.6 Å². The molecular formula is C26H36. The normalized spacial score (nSPS) is 11.3. The molecule has 0 atom stereocenters. The Bertz CT molecular complexity index is 633. The molecule has 0 aliphatic rings. The third-order valence-corrected chi connectivity index (χ3v) is 5.01. The molecule has 0 fully saturated rings. The maximum absolute atomic E-state index is 2.33. The van der Waals surface area contributed by atoms with E-state index in [4.69, 9.17) is 0 Å². The van der Waals surface area contributed by atoms with Gasteiger partial charge in [0.15, 0.2) is 0 Å². The molecule has 2 aromatic rings. The standard InChI is InChI=1S/C26H36/c1-3-5-7-8-10-12-23-16-18-24(19-17-23)20-21-26-15-11-14-25(22-26)13-9-6-4-2/h9,11,13-19,22H,3-8,10,12,20-21H2,1-2H3/b13-9+. The lowest BCUT2D eigenvalue weighted by atomic mass is 10.00. The van der Waals surface area contributed by atoms with Crippen LogP contribution in [0.25, 0.3) is 6.08 Å². The minimum absolute atomic E-state index is 1.12. The number of allylic oxidation sites excluding steroid dienone is 1. The van der Waals surface area contributed by atoms with Crippen molar-refractivity contribution in [3.8, 4) is 0 Å². The second-order valence-electron chi connectivity index (χ2n) is 7.42. The summed E-state index contributed by atoms with van der Waals surface area (Å²) in [4.78, 5) is 0. The summed E-state index contributed by atoms with van der Waals surface area (Å²) in [5.41, 5.74) is 5.71. The van der Waals surface area contributed by atoms with Crippen molar-refractivity contribution < 1.29 is 0 Å². The number of benzene rings is 2. The van der Waals surface area contributed by atoms with Crippen LogP contribution in [0.1, 0.15) is 81.0 Å². The fourth-order valence-corrected chi connectivity index (χ4v) is 3.33. The van der Waals surface area contributed by atoms with Crippen molar-refractivity contribution in [1.29, 1.82) is 0 Å². The van der Waals surface area contributed by atoms with E-state index in [0.29, 0.717) is 0 Å². The Kier molecular flexibility index (Phi) is 9.87. The van der Waals surface area contributed by atoms with Crippen LogP contribution < -0.4 is 0 Å². The lowest BCUT2D eigenvalue weighted by Crippen LogP contribution is -1.93. The van der Waals surface area contributed by atoms with Gasteiger partial charge in [0.1, 0.15) is 0 Å². The zero-order valence-electron chi connectivity index (χ0n) is 16.8. The van der Waals surface area contributed by atoms with Gasteiger partial charge in [-0.05, 0) is 54.4 Å². The van der Waals surface area contributed by atoms with E-state index in [1.54, 1.807) is 0 Å². The lowest BCUT2D eigenvalue weighted by Gasteiger charge is -2.06. The maximum Gasteiger partial charge on any atom is -0.0238 e. The SMILES string of the molecule is CCC/C=C/c1cccc(CCc2ccc(CCCCCCC)cc2)c1. The Morgan fingerprint density at radius 1 is 0.654 bits per heavy atom. The predicted molar refractivity (Wildman–Crippen MR) is 117 cm³/mol. The Morgan fingerprint density at radius 2 is 1.35 bits per heavy atom. The minimum atomic E-state index is 1.12. The molecule has 0 radical (unpaired) electrons. The van der Waals surface area contributed by atoms with Crippen LogP contribution >= 0.6 is 0 Å². The van der Waals surface area contributed by atoms with E-state index >= 15 is 0 Å². The van der Waals surface area contributed by atoms with Gasteiger partial charge in [-0.1, -0.05) is 107 Å². The van der Waals surface area contributed by atoms with Gasteiger partial charge in [0.25, 0.3) is 0 Å². The van der Waals surface area contributed by atoms with Crippen molar-refractivity contribution in [2.75, 3.05) is 0 Å². The molecule has 0 heteroatoms. The highest BCUT2D eigenvalue weighted by Crippen LogP contribution is 2.14. The molecule has 0 unspecified atom stereocenters. The number of hydrogen-bond donors (Lipinski definition) is 0. The van der Waals surface area contributed by atoms with E-state index in [1.165, 1.54) is 67.2 Å². The third-order valence-electron chi connectivity index (χ3n) is 5.01. The highest BCUT2D eigenvalue weighted by atomic mass is 14.0. The van der Waals surface area contributed by atoms with Crippen LogP contribution in [0, 0.1) is 0 Å². The first-order valence-electron chi connectivity index (χ1n) is 10.6. The van der Waals surface area contributed by atoms with Gasteiger partial charge >= 0.3 is 0 Å². The highest BCUT2D eigenvalue weighted by Gasteiger charge is 1.99. The molecule has 26 heavy (non-hydrogen) atoms. The Labute approximate surface area is 161 Å². The average molecular weight is 349 g/mol. The van der Waals surface area contributed by atoms with Crippen molar-refractivity contribution in [2.24, 2.45) is 0 Å². The molecule has 2 rings (SSSR count). The monoisotopic (exact) mass is 348 g/mol. The van der Waals surface area contributed by atoms with E-state index in [-0.39, 0.29) is 0 Å². The third kappa shape index (κ3) is 8.04. The van der Waals surface area contributed by atoms with Gasteiger partial charge < -0.3 is 0 Å². The molecule has 0 heterocycles. The molecule has 0 spiro atoms. The second-order valence-corrected chi connectivity index (χ2v) is 7.42. The van der Waals surface area contributed by atoms with Crippen molar-refractivity contribution in [1.82, 2.24) is 0 Å². The number of hydrogen-bond acceptors (Lipinski definition) is 0. The summed E-state index contributed by atoms with van der Waals surface area (Å²) in [6.07, 6.45) is 17.2. The minimum Gasteiger partial charge on any atom is -0.0840 e. The smallest absolute Gasteiger partial charge is 0.0238 e. The van der Waals surface area contributed by atoms with Gasteiger partial charge in [-0.25, -0.2) is 0 Å². The average Bonchev–Trinajstić information content (AvgIpc) is 2.68. The van der Waals surface area contributed by atoms with Crippen LogP contribution in [0.3, 0.4) is 0 Å². The topological polar surface area (TPSA) is 0 Å². The van der Waals surface area contributed by atoms with Crippen molar-refractivity contribution in [3.63, 3.8) is 0 Å².